The zero-order chi connectivity index (χ0) is 32.8. The second-order valence-electron chi connectivity index (χ2n) is 11.4. The normalized spacial score (nSPS) is 38.8. The number of ether oxygens (including phenoxy) is 1. The molecule has 3 fully saturated rings. The van der Waals surface area contributed by atoms with Crippen LogP contribution in [0.4, 0.5) is 16.2 Å². The van der Waals surface area contributed by atoms with E-state index in [-0.39, 0.29) is 40.5 Å². The highest BCUT2D eigenvalue weighted by Gasteiger charge is 2.57. The number of nitrogens with two attached hydrogens (primary N) is 2. The third-order valence-corrected chi connectivity index (χ3v) is 10.2. The molecule has 0 amide bonds. The van der Waals surface area contributed by atoms with Gasteiger partial charge in [0.25, 0.3) is 5.56 Å². The molecule has 21 nitrogen and oxygen atoms in total. The van der Waals surface area contributed by atoms with Gasteiger partial charge >= 0.3 is 15.6 Å². The maximum absolute atomic E-state index is 16.0. The van der Waals surface area contributed by atoms with Crippen LogP contribution >= 0.6 is 15.6 Å². The smallest absolute Gasteiger partial charge is 0.390 e. The van der Waals surface area contributed by atoms with E-state index < -0.39 is 82.7 Å². The van der Waals surface area contributed by atoms with Gasteiger partial charge in [-0.05, 0) is 6.42 Å². The number of nitrogen functional groups attached to an aromatic ring is 2. The van der Waals surface area contributed by atoms with Gasteiger partial charge in [0, 0.05) is 5.41 Å². The van der Waals surface area contributed by atoms with Gasteiger partial charge in [-0.3, -0.25) is 32.4 Å². The number of anilines is 2. The largest absolute Gasteiger partial charge is 0.472 e. The third-order valence-electron chi connectivity index (χ3n) is 8.29. The summed E-state index contributed by atoms with van der Waals surface area (Å²) >= 11 is 0. The summed E-state index contributed by atoms with van der Waals surface area (Å²) in [5, 5.41) is 11.4. The Labute approximate surface area is 255 Å². The van der Waals surface area contributed by atoms with E-state index in [2.05, 4.69) is 29.9 Å². The van der Waals surface area contributed by atoms with Gasteiger partial charge in [0.15, 0.2) is 35.0 Å². The van der Waals surface area contributed by atoms with Gasteiger partial charge in [-0.1, -0.05) is 6.92 Å². The Hall–Kier alpha value is -3.43. The van der Waals surface area contributed by atoms with Crippen LogP contribution in [0, 0.1) is 5.41 Å². The van der Waals surface area contributed by atoms with E-state index in [0.29, 0.717) is 0 Å². The van der Waals surface area contributed by atoms with Gasteiger partial charge < -0.3 is 35.7 Å². The summed E-state index contributed by atoms with van der Waals surface area (Å²) in [7, 11) is -10.2. The Balaban J connectivity index is 1.23. The van der Waals surface area contributed by atoms with Crippen molar-refractivity contribution < 1.29 is 51.2 Å². The van der Waals surface area contributed by atoms with Crippen LogP contribution in [0.25, 0.3) is 22.3 Å². The Morgan fingerprint density at radius 1 is 1.02 bits per heavy atom. The molecule has 10 atom stereocenters. The molecular weight excluding hydrogens is 661 g/mol. The average Bonchev–Trinajstić information content (AvgIpc) is 3.73. The first-order valence-electron chi connectivity index (χ1n) is 13.6. The highest BCUT2D eigenvalue weighted by molar-refractivity contribution is 7.47. The number of aromatic amines is 1. The maximum Gasteiger partial charge on any atom is 0.472 e. The SMILES string of the molecule is C[C@]12COP(=O)(O)O[C@H]3[C@@H](F)[C@H](n4cnc5c(N)ncnc54)O[C@@H]3COP(=O)(O)O[C@@H]([C@H](n3cnc4c(=O)[nH]c(N)nc43)C1)[C@@H]2O. The molecule has 0 spiro atoms. The van der Waals surface area contributed by atoms with Gasteiger partial charge in [0.1, 0.15) is 30.2 Å². The van der Waals surface area contributed by atoms with E-state index in [4.69, 9.17) is 34.3 Å². The summed E-state index contributed by atoms with van der Waals surface area (Å²) < 4.78 is 71.9. The van der Waals surface area contributed by atoms with Gasteiger partial charge in [0.2, 0.25) is 5.95 Å². The van der Waals surface area contributed by atoms with E-state index in [1.165, 1.54) is 17.8 Å². The highest BCUT2D eigenvalue weighted by Crippen LogP contribution is 2.58. The number of H-pyrrole nitrogens is 1. The predicted molar refractivity (Wildman–Crippen MR) is 150 cm³/mol. The lowest BCUT2D eigenvalue weighted by atomic mass is 9.87. The number of aliphatic hydroxyl groups is 1. The second kappa shape index (κ2) is 10.8. The highest BCUT2D eigenvalue weighted by atomic mass is 31.2. The molecule has 2 aliphatic heterocycles. The number of phosphoric ester groups is 2. The molecule has 2 bridgehead atoms. The summed E-state index contributed by atoms with van der Waals surface area (Å²) in [6, 6.07) is -1.05. The Kier molecular flexibility index (Phi) is 7.33. The topological polar surface area (TPSA) is 300 Å². The van der Waals surface area contributed by atoms with E-state index in [0.717, 1.165) is 17.2 Å². The van der Waals surface area contributed by atoms with E-state index >= 15 is 4.39 Å². The number of phosphoric acid groups is 2. The Morgan fingerprint density at radius 3 is 2.50 bits per heavy atom. The zero-order valence-corrected chi connectivity index (χ0v) is 25.3. The molecule has 46 heavy (non-hydrogen) atoms. The molecule has 7 rings (SSSR count). The van der Waals surface area contributed by atoms with Crippen LogP contribution in [0.3, 0.4) is 0 Å². The zero-order valence-electron chi connectivity index (χ0n) is 23.6. The minimum Gasteiger partial charge on any atom is -0.390 e. The number of hydrogen-bond donors (Lipinski definition) is 6. The number of alkyl halides is 1. The fourth-order valence-electron chi connectivity index (χ4n) is 6.04. The van der Waals surface area contributed by atoms with Crippen molar-refractivity contribution in [2.75, 3.05) is 24.7 Å². The van der Waals surface area contributed by atoms with E-state index in [1.54, 1.807) is 0 Å². The van der Waals surface area contributed by atoms with Crippen LogP contribution in [0.1, 0.15) is 25.6 Å². The molecule has 248 valence electrons. The lowest BCUT2D eigenvalue weighted by Gasteiger charge is -2.30. The lowest BCUT2D eigenvalue weighted by molar-refractivity contribution is -0.0536. The summed E-state index contributed by atoms with van der Waals surface area (Å²) in [5.74, 6) is -0.238. The predicted octanol–water partition coefficient (Wildman–Crippen LogP) is -0.311. The fraction of sp³-hybridized carbons (Fsp3) is 0.545. The summed E-state index contributed by atoms with van der Waals surface area (Å²) in [6.45, 7) is -0.0955. The molecule has 0 aromatic carbocycles. The molecule has 4 aromatic rings. The summed E-state index contributed by atoms with van der Waals surface area (Å²) in [4.78, 5) is 56.2. The second-order valence-corrected chi connectivity index (χ2v) is 14.2. The van der Waals surface area contributed by atoms with Crippen LogP contribution < -0.4 is 17.0 Å². The molecule has 2 saturated heterocycles. The number of hydrogen-bond acceptors (Lipinski definition) is 16. The van der Waals surface area contributed by atoms with Crippen molar-refractivity contribution in [2.24, 2.45) is 5.41 Å². The molecular formula is C22H27FN10O11P2. The molecule has 0 radical (unpaired) electrons. The maximum atomic E-state index is 16.0. The third kappa shape index (κ3) is 5.20. The van der Waals surface area contributed by atoms with Crippen molar-refractivity contribution in [3.05, 3.63) is 29.3 Å². The van der Waals surface area contributed by atoms with Gasteiger partial charge in [-0.15, -0.1) is 0 Å². The van der Waals surface area contributed by atoms with Crippen molar-refractivity contribution >= 4 is 49.7 Å². The number of aliphatic hydroxyl groups excluding tert-OH is 1. The first kappa shape index (κ1) is 31.2. The molecule has 4 aromatic heterocycles. The number of fused-ring (bicyclic) bond motifs is 5. The van der Waals surface area contributed by atoms with Crippen LogP contribution in [-0.2, 0) is 32.0 Å². The standard InChI is InChI=1S/C22H27FN10O11P2/c1-22-2-8(32-6-29-12-18(32)30-21(25)31-19(12)35)13(15(22)34)43-45(36,37)40-3-9-14(44-46(38,39)41-4-22)10(23)20(42-9)33-7-28-11-16(24)26-5-27-17(11)33/h5-10,13-15,20,34H,2-4H2,1H3,(H,36,37)(H,38,39)(H2,24,26,27)(H3,25,30,31,35)/t8-,9-,10-,13+,14-,15+,20-,22-/m1/s1. The molecule has 24 heteroatoms. The molecule has 3 aliphatic rings. The van der Waals surface area contributed by atoms with Crippen LogP contribution in [0.15, 0.2) is 23.8 Å². The summed E-state index contributed by atoms with van der Waals surface area (Å²) in [6.07, 6.45) is -7.01. The number of halogens is 1. The minimum absolute atomic E-state index is 0.00396. The fourth-order valence-corrected chi connectivity index (χ4v) is 8.07. The van der Waals surface area contributed by atoms with Crippen molar-refractivity contribution in [1.82, 2.24) is 39.0 Å². The van der Waals surface area contributed by atoms with Crippen molar-refractivity contribution in [3.63, 3.8) is 0 Å². The summed E-state index contributed by atoms with van der Waals surface area (Å²) in [5.41, 5.74) is 9.49. The quantitative estimate of drug-likeness (QED) is 0.147. The van der Waals surface area contributed by atoms with Crippen LogP contribution in [0.2, 0.25) is 0 Å². The number of nitrogens with one attached hydrogen (secondary N) is 1. The van der Waals surface area contributed by atoms with Gasteiger partial charge in [-0.2, -0.15) is 4.98 Å². The average molecular weight is 688 g/mol. The number of nitrogens with zero attached hydrogens (tertiary/aromatic N) is 7. The van der Waals surface area contributed by atoms with E-state index in [1.807, 2.05) is 0 Å². The van der Waals surface area contributed by atoms with Gasteiger partial charge in [0.05, 0.1) is 38.0 Å². The Bertz CT molecular complexity index is 1990. The molecule has 1 aliphatic carbocycles. The van der Waals surface area contributed by atoms with Gasteiger partial charge in [-0.25, -0.2) is 33.5 Å². The molecule has 8 N–H and O–H groups in total. The van der Waals surface area contributed by atoms with Crippen LogP contribution in [0.5, 0.6) is 0 Å². The minimum atomic E-state index is -5.11. The lowest BCUT2D eigenvalue weighted by Crippen LogP contribution is -2.38. The monoisotopic (exact) mass is 688 g/mol. The number of aromatic nitrogens is 8. The Morgan fingerprint density at radius 2 is 1.72 bits per heavy atom. The first-order chi connectivity index (χ1) is 21.7. The van der Waals surface area contributed by atoms with Crippen LogP contribution in [-0.4, -0.2) is 97.7 Å². The van der Waals surface area contributed by atoms with E-state index in [9.17, 15) is 28.8 Å². The molecule has 1 saturated carbocycles. The molecule has 6 heterocycles. The first-order valence-corrected chi connectivity index (χ1v) is 16.6. The number of rotatable bonds is 2. The molecule has 2 unspecified atom stereocenters. The van der Waals surface area contributed by atoms with Crippen molar-refractivity contribution in [1.29, 1.82) is 0 Å². The van der Waals surface area contributed by atoms with Crippen molar-refractivity contribution in [3.8, 4) is 0 Å². The van der Waals surface area contributed by atoms with Crippen molar-refractivity contribution in [2.45, 2.75) is 56.2 Å². The number of imidazole rings is 2.